The van der Waals surface area contributed by atoms with E-state index < -0.39 is 25.0 Å². The van der Waals surface area contributed by atoms with E-state index in [1.54, 1.807) is 18.3 Å². The number of benzene rings is 9. The van der Waals surface area contributed by atoms with Crippen LogP contribution in [0.5, 0.6) is 11.5 Å². The van der Waals surface area contributed by atoms with Gasteiger partial charge in [0, 0.05) is 60.8 Å². The van der Waals surface area contributed by atoms with Crippen LogP contribution in [-0.2, 0) is 17.5 Å². The lowest BCUT2D eigenvalue weighted by atomic mass is 9.86. The Morgan fingerprint density at radius 2 is 1.25 bits per heavy atom. The summed E-state index contributed by atoms with van der Waals surface area (Å²) in [4.78, 5) is 7.41. The minimum absolute atomic E-state index is 0.0794. The van der Waals surface area contributed by atoms with Crippen molar-refractivity contribution >= 4 is 76.5 Å². The summed E-state index contributed by atoms with van der Waals surface area (Å²) >= 11 is 0. The lowest BCUT2D eigenvalue weighted by molar-refractivity contribution is 0.456. The largest absolute Gasteiger partial charge is 0.457 e. The SMILES string of the molecule is [2H]c1c([2H])c([2H])c(-c2ccc3c(c2)c2ccc(Oc4cc(N5Cn6c7c(C)cccc7c7cc(C)ccc7c7ccccc7c7cccc5c76)ccc4C(C)(C)C)cc2n3-c2cc(C([2H])([2H])[2H])c(-c3ccc(C(C)(C)C)cc3)cn2)c([2H])c1[2H]. The van der Waals surface area contributed by atoms with Crippen LogP contribution >= 0.6 is 0 Å². The van der Waals surface area contributed by atoms with Crippen molar-refractivity contribution in [1.29, 1.82) is 0 Å². The molecule has 0 bridgehead atoms. The van der Waals surface area contributed by atoms with Crippen LogP contribution in [-0.4, -0.2) is 14.1 Å². The molecule has 9 aromatic carbocycles. The molecule has 0 spiro atoms. The lowest BCUT2D eigenvalue weighted by Gasteiger charge is -2.26. The standard InChI is InChI=1S/C71H62N4O/c1-44-25-33-55-53-20-13-14-21-54(53)57-23-16-24-64-69(57)74(68-45(2)17-15-22-58(68)59(55)37-44)43-73(64)51-31-35-62(71(7,8)9)66(40-51)76-52-32-34-56-60-39-49(47-18-11-10-12-19-47)28-36-63(60)75(65(56)41-52)67-38-46(3)61(42-72-67)48-26-29-50(30-27-48)70(4,5)6/h10-42H,43H2,1-9H3/i3D3,10D,11D,12D,18D,19D. The van der Waals surface area contributed by atoms with Gasteiger partial charge in [0.1, 0.15) is 24.0 Å². The zero-order valence-corrected chi connectivity index (χ0v) is 44.1. The van der Waals surface area contributed by atoms with Crippen LogP contribution in [0.4, 0.5) is 11.4 Å². The van der Waals surface area contributed by atoms with Crippen molar-refractivity contribution in [2.24, 2.45) is 0 Å². The summed E-state index contributed by atoms with van der Waals surface area (Å²) in [6.07, 6.45) is 1.63. The quantitative estimate of drug-likeness (QED) is 0.167. The maximum atomic E-state index is 8.89. The van der Waals surface area contributed by atoms with E-state index >= 15 is 0 Å². The zero-order valence-electron chi connectivity index (χ0n) is 52.1. The third-order valence-corrected chi connectivity index (χ3v) is 15.4. The predicted octanol–water partition coefficient (Wildman–Crippen LogP) is 19.5. The Labute approximate surface area is 456 Å². The Morgan fingerprint density at radius 3 is 2.01 bits per heavy atom. The van der Waals surface area contributed by atoms with Crippen molar-refractivity contribution in [3.8, 4) is 39.6 Å². The molecule has 1 aliphatic heterocycles. The number of hydrogen-bond acceptors (Lipinski definition) is 3. The molecule has 4 heterocycles. The molecule has 0 aliphatic carbocycles. The van der Waals surface area contributed by atoms with Crippen molar-refractivity contribution in [2.45, 2.75) is 79.7 Å². The molecular weight excluding hydrogens is 925 g/mol. The summed E-state index contributed by atoms with van der Waals surface area (Å²) in [5, 5.41) is 8.49. The molecule has 372 valence electrons. The van der Waals surface area contributed by atoms with Crippen LogP contribution < -0.4 is 9.64 Å². The second-order valence-corrected chi connectivity index (χ2v) is 22.4. The molecule has 5 heteroatoms. The molecule has 12 aromatic rings. The Balaban J connectivity index is 0.997. The molecule has 0 atom stereocenters. The van der Waals surface area contributed by atoms with Gasteiger partial charge in [0.15, 0.2) is 0 Å². The van der Waals surface area contributed by atoms with E-state index in [1.807, 2.05) is 59.2 Å². The summed E-state index contributed by atoms with van der Waals surface area (Å²) in [7, 11) is 0. The van der Waals surface area contributed by atoms with Crippen molar-refractivity contribution in [1.82, 2.24) is 14.1 Å². The normalized spacial score (nSPS) is 14.4. The molecule has 0 saturated heterocycles. The second kappa shape index (κ2) is 17.7. The maximum Gasteiger partial charge on any atom is 0.137 e. The van der Waals surface area contributed by atoms with Gasteiger partial charge in [-0.05, 0) is 129 Å². The monoisotopic (exact) mass is 995 g/mol. The van der Waals surface area contributed by atoms with Crippen molar-refractivity contribution in [3.05, 3.63) is 228 Å². The molecule has 1 aliphatic rings. The highest BCUT2D eigenvalue weighted by atomic mass is 16.5. The molecule has 0 amide bonds. The van der Waals surface area contributed by atoms with Gasteiger partial charge in [-0.1, -0.05) is 187 Å². The molecule has 0 saturated carbocycles. The summed E-state index contributed by atoms with van der Waals surface area (Å²) in [6, 6.07) is 54.2. The first-order chi connectivity index (χ1) is 40.0. The number of rotatable bonds is 6. The third kappa shape index (κ3) is 7.87. The fraction of sp³-hybridized carbons (Fsp3) is 0.169. The molecule has 0 radical (unpaired) electrons. The number of anilines is 2. The Morgan fingerprint density at radius 1 is 0.539 bits per heavy atom. The molecule has 76 heavy (non-hydrogen) atoms. The van der Waals surface area contributed by atoms with Gasteiger partial charge in [0.25, 0.3) is 0 Å². The summed E-state index contributed by atoms with van der Waals surface area (Å²) in [5.41, 5.74) is 11.5. The van der Waals surface area contributed by atoms with E-state index in [9.17, 15) is 0 Å². The predicted molar refractivity (Wildman–Crippen MR) is 322 cm³/mol. The highest BCUT2D eigenvalue weighted by Gasteiger charge is 2.28. The van der Waals surface area contributed by atoms with E-state index in [2.05, 4.69) is 162 Å². The van der Waals surface area contributed by atoms with E-state index in [1.165, 1.54) is 32.7 Å². The van der Waals surface area contributed by atoms with Crippen molar-refractivity contribution in [2.75, 3.05) is 4.90 Å². The third-order valence-electron chi connectivity index (χ3n) is 15.4. The average molecular weight is 995 g/mol. The number of aromatic nitrogens is 3. The van der Waals surface area contributed by atoms with Crippen LogP contribution in [0.2, 0.25) is 0 Å². The van der Waals surface area contributed by atoms with Crippen molar-refractivity contribution < 1.29 is 15.7 Å². The van der Waals surface area contributed by atoms with Gasteiger partial charge in [-0.3, -0.25) is 4.57 Å². The zero-order chi connectivity index (χ0) is 59.1. The maximum absolute atomic E-state index is 8.89. The Kier molecular flexibility index (Phi) is 9.07. The van der Waals surface area contributed by atoms with Crippen LogP contribution in [0.25, 0.3) is 93.2 Å². The van der Waals surface area contributed by atoms with Gasteiger partial charge >= 0.3 is 0 Å². The molecule has 0 unspecified atom stereocenters. The fourth-order valence-corrected chi connectivity index (χ4v) is 11.6. The number of hydrogen-bond donors (Lipinski definition) is 0. The van der Waals surface area contributed by atoms with Crippen LogP contribution in [0.1, 0.15) is 80.3 Å². The van der Waals surface area contributed by atoms with E-state index in [4.69, 9.17) is 20.7 Å². The van der Waals surface area contributed by atoms with Gasteiger partial charge in [-0.2, -0.15) is 0 Å². The van der Waals surface area contributed by atoms with Crippen LogP contribution in [0.3, 0.4) is 0 Å². The minimum atomic E-state index is -2.52. The number of nitrogens with zero attached hydrogens (tertiary/aromatic N) is 4. The van der Waals surface area contributed by atoms with Gasteiger partial charge < -0.3 is 14.2 Å². The fourth-order valence-electron chi connectivity index (χ4n) is 11.6. The topological polar surface area (TPSA) is 35.2 Å². The van der Waals surface area contributed by atoms with E-state index in [0.29, 0.717) is 51.5 Å². The Hall–Kier alpha value is -8.67. The molecule has 0 fully saturated rings. The van der Waals surface area contributed by atoms with Gasteiger partial charge in [-0.25, -0.2) is 4.98 Å². The van der Waals surface area contributed by atoms with Gasteiger partial charge in [0.2, 0.25) is 0 Å². The van der Waals surface area contributed by atoms with E-state index in [0.717, 1.165) is 55.3 Å². The number of ether oxygens (including phenoxy) is 1. The summed E-state index contributed by atoms with van der Waals surface area (Å²) in [5.74, 6) is 1.55. The molecule has 5 nitrogen and oxygen atoms in total. The first-order valence-electron chi connectivity index (χ1n) is 30.0. The van der Waals surface area contributed by atoms with Crippen molar-refractivity contribution in [3.63, 3.8) is 0 Å². The summed E-state index contributed by atoms with van der Waals surface area (Å²) in [6.45, 7) is 15.3. The Bertz CT molecular complexity index is 4800. The molecule has 3 aromatic heterocycles. The molecule has 0 N–H and O–H groups in total. The van der Waals surface area contributed by atoms with Crippen LogP contribution in [0.15, 0.2) is 200 Å². The van der Waals surface area contributed by atoms with Crippen LogP contribution in [0, 0.1) is 20.7 Å². The first kappa shape index (κ1) is 38.8. The molecule has 13 rings (SSSR count). The number of pyridine rings is 1. The number of fused-ring (bicyclic) bond motifs is 10. The first-order valence-corrected chi connectivity index (χ1v) is 26.0. The highest BCUT2D eigenvalue weighted by molar-refractivity contribution is 6.21. The second-order valence-electron chi connectivity index (χ2n) is 22.4. The number of para-hydroxylation sites is 2. The molecular formula is C71H62N4O. The smallest absolute Gasteiger partial charge is 0.137 e. The lowest BCUT2D eigenvalue weighted by Crippen LogP contribution is -2.17. The van der Waals surface area contributed by atoms with Gasteiger partial charge in [0.05, 0.1) is 34.6 Å². The average Bonchev–Trinajstić information content (AvgIpc) is 1.70. The number of aryl methyl sites for hydroxylation is 3. The minimum Gasteiger partial charge on any atom is -0.457 e. The van der Waals surface area contributed by atoms with Gasteiger partial charge in [-0.15, -0.1) is 0 Å². The highest BCUT2D eigenvalue weighted by Crippen LogP contribution is 2.46. The van der Waals surface area contributed by atoms with E-state index in [-0.39, 0.29) is 34.0 Å². The summed E-state index contributed by atoms with van der Waals surface area (Å²) < 4.78 is 81.3.